The Labute approximate surface area is 73.9 Å². The Kier molecular flexibility index (Phi) is 2.73. The van der Waals surface area contributed by atoms with Crippen LogP contribution in [0.1, 0.15) is 26.7 Å². The molecule has 2 atom stereocenters. The number of hydrogen-bond acceptors (Lipinski definition) is 2. The zero-order chi connectivity index (χ0) is 9.30. The lowest BCUT2D eigenvalue weighted by Crippen LogP contribution is -2.45. The summed E-state index contributed by atoms with van der Waals surface area (Å²) in [6.07, 6.45) is 2.61. The number of carbonyl (C=O) groups is 1. The van der Waals surface area contributed by atoms with Gasteiger partial charge in [0.15, 0.2) is 0 Å². The van der Waals surface area contributed by atoms with Gasteiger partial charge in [0.1, 0.15) is 0 Å². The van der Waals surface area contributed by atoms with E-state index in [1.54, 1.807) is 0 Å². The molecule has 0 aromatic rings. The average molecular weight is 170 g/mol. The second-order valence-electron chi connectivity index (χ2n) is 3.82. The van der Waals surface area contributed by atoms with Gasteiger partial charge >= 0.3 is 0 Å². The average Bonchev–Trinajstić information content (AvgIpc) is 2.82. The number of likely N-dealkylation sites (N-methyl/N-ethyl adjacent to an activating group) is 1. The minimum absolute atomic E-state index is 0.138. The van der Waals surface area contributed by atoms with Crippen LogP contribution >= 0.6 is 0 Å². The Bertz CT molecular complexity index is 177. The summed E-state index contributed by atoms with van der Waals surface area (Å²) in [7, 11) is 1.97. The third-order valence-electron chi connectivity index (χ3n) is 2.97. The summed E-state index contributed by atoms with van der Waals surface area (Å²) in [5.41, 5.74) is 5.21. The second kappa shape index (κ2) is 3.44. The number of rotatable bonds is 4. The van der Waals surface area contributed by atoms with Crippen molar-refractivity contribution in [2.75, 3.05) is 7.05 Å². The van der Waals surface area contributed by atoms with Gasteiger partial charge in [-0.3, -0.25) is 9.69 Å². The number of carbonyl (C=O) groups excluding carboxylic acids is 1. The van der Waals surface area contributed by atoms with E-state index in [1.807, 2.05) is 14.0 Å². The summed E-state index contributed by atoms with van der Waals surface area (Å²) < 4.78 is 0. The van der Waals surface area contributed by atoms with Crippen LogP contribution < -0.4 is 5.73 Å². The van der Waals surface area contributed by atoms with Crippen molar-refractivity contribution in [2.45, 2.75) is 38.8 Å². The van der Waals surface area contributed by atoms with E-state index in [0.717, 1.165) is 5.92 Å². The van der Waals surface area contributed by atoms with Crippen LogP contribution in [0.3, 0.4) is 0 Å². The maximum atomic E-state index is 10.9. The van der Waals surface area contributed by atoms with Gasteiger partial charge in [0.05, 0.1) is 6.04 Å². The highest BCUT2D eigenvalue weighted by Gasteiger charge is 2.33. The minimum atomic E-state index is -0.231. The first-order chi connectivity index (χ1) is 5.54. The van der Waals surface area contributed by atoms with Gasteiger partial charge in [-0.25, -0.2) is 0 Å². The van der Waals surface area contributed by atoms with E-state index >= 15 is 0 Å². The molecule has 3 nitrogen and oxygen atoms in total. The maximum Gasteiger partial charge on any atom is 0.234 e. The summed E-state index contributed by atoms with van der Waals surface area (Å²) in [4.78, 5) is 12.9. The Balaban J connectivity index is 2.44. The Hall–Kier alpha value is -0.570. The smallest absolute Gasteiger partial charge is 0.234 e. The molecule has 0 saturated heterocycles. The molecular formula is C9H18N2O. The molecule has 0 bridgehead atoms. The highest BCUT2D eigenvalue weighted by atomic mass is 16.1. The van der Waals surface area contributed by atoms with Gasteiger partial charge in [-0.2, -0.15) is 0 Å². The normalized spacial score (nSPS) is 22.3. The van der Waals surface area contributed by atoms with E-state index in [1.165, 1.54) is 12.8 Å². The largest absolute Gasteiger partial charge is 0.368 e. The first-order valence-electron chi connectivity index (χ1n) is 4.55. The lowest BCUT2D eigenvalue weighted by atomic mass is 10.1. The van der Waals surface area contributed by atoms with Crippen LogP contribution in [-0.2, 0) is 4.79 Å². The topological polar surface area (TPSA) is 46.3 Å². The van der Waals surface area contributed by atoms with Gasteiger partial charge < -0.3 is 5.73 Å². The Morgan fingerprint density at radius 2 is 2.00 bits per heavy atom. The highest BCUT2D eigenvalue weighted by molar-refractivity contribution is 5.79. The molecule has 12 heavy (non-hydrogen) atoms. The molecule has 1 aliphatic carbocycles. The van der Waals surface area contributed by atoms with Gasteiger partial charge in [0.25, 0.3) is 0 Å². The fourth-order valence-electron chi connectivity index (χ4n) is 1.46. The second-order valence-corrected chi connectivity index (χ2v) is 3.82. The van der Waals surface area contributed by atoms with Crippen LogP contribution in [0.25, 0.3) is 0 Å². The van der Waals surface area contributed by atoms with Gasteiger partial charge in [-0.15, -0.1) is 0 Å². The molecule has 0 aromatic heterocycles. The number of amides is 1. The fourth-order valence-corrected chi connectivity index (χ4v) is 1.46. The molecular weight excluding hydrogens is 152 g/mol. The lowest BCUT2D eigenvalue weighted by molar-refractivity contribution is -0.123. The molecule has 3 heteroatoms. The highest BCUT2D eigenvalue weighted by Crippen LogP contribution is 2.35. The van der Waals surface area contributed by atoms with E-state index in [0.29, 0.717) is 6.04 Å². The van der Waals surface area contributed by atoms with Crippen LogP contribution in [-0.4, -0.2) is 29.9 Å². The lowest BCUT2D eigenvalue weighted by Gasteiger charge is -2.28. The van der Waals surface area contributed by atoms with Gasteiger partial charge in [0, 0.05) is 6.04 Å². The van der Waals surface area contributed by atoms with Crippen LogP contribution in [0.4, 0.5) is 0 Å². The predicted molar refractivity (Wildman–Crippen MR) is 48.6 cm³/mol. The molecule has 2 N–H and O–H groups in total. The summed E-state index contributed by atoms with van der Waals surface area (Å²) in [6, 6.07) is 0.355. The molecule has 1 aliphatic rings. The number of hydrogen-bond donors (Lipinski definition) is 1. The molecule has 1 saturated carbocycles. The fraction of sp³-hybridized carbons (Fsp3) is 0.889. The quantitative estimate of drug-likeness (QED) is 0.671. The first-order valence-corrected chi connectivity index (χ1v) is 4.55. The zero-order valence-electron chi connectivity index (χ0n) is 8.08. The standard InChI is InChI=1S/C9H18N2O/c1-6(8-4-5-8)11(3)7(2)9(10)12/h6-8H,4-5H2,1-3H3,(H2,10,12). The van der Waals surface area contributed by atoms with Gasteiger partial charge in [0.2, 0.25) is 5.91 Å². The van der Waals surface area contributed by atoms with Crippen molar-refractivity contribution in [3.8, 4) is 0 Å². The van der Waals surface area contributed by atoms with Gasteiger partial charge in [-0.05, 0) is 39.7 Å². The van der Waals surface area contributed by atoms with Crippen molar-refractivity contribution in [3.05, 3.63) is 0 Å². The number of nitrogens with zero attached hydrogens (tertiary/aromatic N) is 1. The predicted octanol–water partition coefficient (Wildman–Crippen LogP) is 0.591. The zero-order valence-corrected chi connectivity index (χ0v) is 8.08. The molecule has 0 aliphatic heterocycles. The summed E-state index contributed by atoms with van der Waals surface area (Å²) in [5.74, 6) is 0.557. The number of nitrogens with two attached hydrogens (primary N) is 1. The van der Waals surface area contributed by atoms with Crippen LogP contribution in [0.15, 0.2) is 0 Å². The Morgan fingerprint density at radius 1 is 1.50 bits per heavy atom. The molecule has 1 amide bonds. The maximum absolute atomic E-state index is 10.9. The van der Waals surface area contributed by atoms with Crippen LogP contribution in [0.5, 0.6) is 0 Å². The van der Waals surface area contributed by atoms with Gasteiger partial charge in [-0.1, -0.05) is 0 Å². The van der Waals surface area contributed by atoms with Crippen molar-refractivity contribution >= 4 is 5.91 Å². The van der Waals surface area contributed by atoms with Crippen molar-refractivity contribution in [1.82, 2.24) is 4.90 Å². The molecule has 1 fully saturated rings. The molecule has 1 rings (SSSR count). The SMILES string of the molecule is CC(C(N)=O)N(C)C(C)C1CC1. The van der Waals surface area contributed by atoms with Crippen LogP contribution in [0.2, 0.25) is 0 Å². The molecule has 0 radical (unpaired) electrons. The monoisotopic (exact) mass is 170 g/mol. The summed E-state index contributed by atoms with van der Waals surface area (Å²) >= 11 is 0. The first kappa shape index (κ1) is 9.52. The Morgan fingerprint density at radius 3 is 2.33 bits per heavy atom. The van der Waals surface area contributed by atoms with E-state index in [2.05, 4.69) is 11.8 Å². The van der Waals surface area contributed by atoms with Crippen molar-refractivity contribution in [2.24, 2.45) is 11.7 Å². The third-order valence-corrected chi connectivity index (χ3v) is 2.97. The van der Waals surface area contributed by atoms with Crippen molar-refractivity contribution in [1.29, 1.82) is 0 Å². The van der Waals surface area contributed by atoms with E-state index in [4.69, 9.17) is 5.73 Å². The van der Waals surface area contributed by atoms with E-state index in [-0.39, 0.29) is 11.9 Å². The summed E-state index contributed by atoms with van der Waals surface area (Å²) in [6.45, 7) is 4.03. The molecule has 2 unspecified atom stereocenters. The van der Waals surface area contributed by atoms with Crippen molar-refractivity contribution in [3.63, 3.8) is 0 Å². The van der Waals surface area contributed by atoms with E-state index in [9.17, 15) is 4.79 Å². The van der Waals surface area contributed by atoms with Crippen molar-refractivity contribution < 1.29 is 4.79 Å². The summed E-state index contributed by atoms with van der Waals surface area (Å²) in [5, 5.41) is 0. The molecule has 0 aromatic carbocycles. The van der Waals surface area contributed by atoms with Crippen LogP contribution in [0, 0.1) is 5.92 Å². The molecule has 0 spiro atoms. The number of primary amides is 1. The molecule has 0 heterocycles. The molecule has 70 valence electrons. The third kappa shape index (κ3) is 1.97. The minimum Gasteiger partial charge on any atom is -0.368 e. The van der Waals surface area contributed by atoms with E-state index < -0.39 is 0 Å².